The molecule has 1 aromatic carbocycles. The van der Waals surface area contributed by atoms with Crippen LogP contribution in [-0.2, 0) is 0 Å². The van der Waals surface area contributed by atoms with E-state index in [1.807, 2.05) is 0 Å². The summed E-state index contributed by atoms with van der Waals surface area (Å²) in [5.41, 5.74) is 13.2. The second kappa shape index (κ2) is 5.16. The molecular formula is C9H8I2N6. The first-order chi connectivity index (χ1) is 8.08. The zero-order valence-electron chi connectivity index (χ0n) is 8.48. The highest BCUT2D eigenvalue weighted by atomic mass is 127. The highest BCUT2D eigenvalue weighted by Gasteiger charge is 2.06. The van der Waals surface area contributed by atoms with Gasteiger partial charge in [-0.25, -0.2) is 0 Å². The summed E-state index contributed by atoms with van der Waals surface area (Å²) in [6.45, 7) is 0. The number of benzene rings is 1. The number of rotatable bonds is 2. The lowest BCUT2D eigenvalue weighted by Crippen LogP contribution is -1.96. The summed E-state index contributed by atoms with van der Waals surface area (Å²) < 4.78 is 1.69. The summed E-state index contributed by atoms with van der Waals surface area (Å²) >= 11 is 4.20. The lowest BCUT2D eigenvalue weighted by molar-refractivity contribution is 1.04. The van der Waals surface area contributed by atoms with Gasteiger partial charge in [0.2, 0.25) is 0 Å². The Morgan fingerprint density at radius 2 is 1.94 bits per heavy atom. The average Bonchev–Trinajstić information content (AvgIpc) is 2.71. The van der Waals surface area contributed by atoms with E-state index >= 15 is 0 Å². The van der Waals surface area contributed by atoms with Crippen LogP contribution in [0, 0.1) is 7.27 Å². The molecular weight excluding hydrogens is 446 g/mol. The molecule has 1 heterocycles. The first kappa shape index (κ1) is 12.5. The van der Waals surface area contributed by atoms with Crippen molar-refractivity contribution in [2.24, 2.45) is 10.2 Å². The van der Waals surface area contributed by atoms with Crippen LogP contribution in [-0.4, -0.2) is 10.2 Å². The Hall–Kier alpha value is -0.910. The van der Waals surface area contributed by atoms with E-state index in [1.54, 1.807) is 18.2 Å². The number of nitrogens with two attached hydrogens (primary N) is 2. The normalized spacial score (nSPS) is 11.2. The Labute approximate surface area is 125 Å². The quantitative estimate of drug-likeness (QED) is 0.369. The molecule has 6 nitrogen and oxygen atoms in total. The van der Waals surface area contributed by atoms with E-state index in [2.05, 4.69) is 65.6 Å². The molecule has 88 valence electrons. The van der Waals surface area contributed by atoms with Gasteiger partial charge >= 0.3 is 0 Å². The number of nitrogen functional groups attached to an aromatic ring is 2. The van der Waals surface area contributed by atoms with Crippen LogP contribution in [0.3, 0.4) is 0 Å². The monoisotopic (exact) mass is 454 g/mol. The largest absolute Gasteiger partial charge is 0.397 e. The van der Waals surface area contributed by atoms with Crippen molar-refractivity contribution >= 4 is 68.1 Å². The fourth-order valence-electron chi connectivity index (χ4n) is 1.12. The SMILES string of the molecule is Nc1ccc(N=Nc2cc(I)[nH]n2)c(I)c1N. The van der Waals surface area contributed by atoms with Crippen LogP contribution in [0.1, 0.15) is 0 Å². The molecule has 0 unspecified atom stereocenters. The van der Waals surface area contributed by atoms with Gasteiger partial charge in [-0.1, -0.05) is 0 Å². The van der Waals surface area contributed by atoms with Crippen molar-refractivity contribution in [1.82, 2.24) is 10.2 Å². The van der Waals surface area contributed by atoms with E-state index < -0.39 is 0 Å². The molecule has 0 saturated carbocycles. The number of azo groups is 1. The number of aromatic nitrogens is 2. The van der Waals surface area contributed by atoms with Gasteiger partial charge in [-0.3, -0.25) is 5.10 Å². The molecule has 0 fully saturated rings. The molecule has 0 spiro atoms. The van der Waals surface area contributed by atoms with Crippen molar-refractivity contribution in [3.05, 3.63) is 25.5 Å². The summed E-state index contributed by atoms with van der Waals surface area (Å²) in [6, 6.07) is 5.27. The van der Waals surface area contributed by atoms with Gasteiger partial charge in [-0.2, -0.15) is 5.10 Å². The highest BCUT2D eigenvalue weighted by Crippen LogP contribution is 2.31. The molecule has 0 atom stereocenters. The van der Waals surface area contributed by atoms with E-state index in [9.17, 15) is 0 Å². The Morgan fingerprint density at radius 1 is 1.18 bits per heavy atom. The molecule has 17 heavy (non-hydrogen) atoms. The summed E-state index contributed by atoms with van der Waals surface area (Å²) in [7, 11) is 0. The fourth-order valence-corrected chi connectivity index (χ4v) is 2.12. The summed E-state index contributed by atoms with van der Waals surface area (Å²) in [6.07, 6.45) is 0. The molecule has 0 aliphatic heterocycles. The maximum absolute atomic E-state index is 5.80. The first-order valence-electron chi connectivity index (χ1n) is 4.54. The van der Waals surface area contributed by atoms with Crippen LogP contribution in [0.2, 0.25) is 0 Å². The van der Waals surface area contributed by atoms with Crippen LogP contribution >= 0.6 is 45.2 Å². The topological polar surface area (TPSA) is 105 Å². The first-order valence-corrected chi connectivity index (χ1v) is 6.70. The molecule has 0 aliphatic rings. The van der Waals surface area contributed by atoms with Crippen molar-refractivity contribution in [3.8, 4) is 0 Å². The minimum atomic E-state index is 0.527. The van der Waals surface area contributed by atoms with Crippen LogP contribution in [0.25, 0.3) is 0 Å². The predicted octanol–water partition coefficient (Wildman–Crippen LogP) is 3.20. The average molecular weight is 454 g/mol. The third kappa shape index (κ3) is 2.86. The molecule has 1 aromatic heterocycles. The predicted molar refractivity (Wildman–Crippen MR) is 83.5 cm³/mol. The summed E-state index contributed by atoms with van der Waals surface area (Å²) in [5.74, 6) is 0.528. The maximum atomic E-state index is 5.80. The molecule has 0 saturated heterocycles. The molecule has 8 heteroatoms. The number of anilines is 2. The van der Waals surface area contributed by atoms with E-state index in [1.165, 1.54) is 0 Å². The standard InChI is InChI=1S/C9H8I2N6/c10-6-3-7(17-15-6)16-14-5-2-1-4(12)9(13)8(5)11/h1-3H,12-13H2,(H,15,17). The third-order valence-electron chi connectivity index (χ3n) is 1.99. The van der Waals surface area contributed by atoms with Gasteiger partial charge in [0.1, 0.15) is 5.69 Å². The second-order valence-electron chi connectivity index (χ2n) is 3.18. The fraction of sp³-hybridized carbons (Fsp3) is 0. The lowest BCUT2D eigenvalue weighted by atomic mass is 10.2. The van der Waals surface area contributed by atoms with Gasteiger partial charge in [0.15, 0.2) is 5.82 Å². The van der Waals surface area contributed by atoms with Crippen LogP contribution in [0.15, 0.2) is 28.4 Å². The van der Waals surface area contributed by atoms with E-state index in [-0.39, 0.29) is 0 Å². The number of H-pyrrole nitrogens is 1. The molecule has 0 aliphatic carbocycles. The Balaban J connectivity index is 2.30. The van der Waals surface area contributed by atoms with Crippen molar-refractivity contribution in [1.29, 1.82) is 0 Å². The zero-order valence-corrected chi connectivity index (χ0v) is 12.8. The molecule has 0 bridgehead atoms. The third-order valence-corrected chi connectivity index (χ3v) is 3.67. The van der Waals surface area contributed by atoms with Crippen molar-refractivity contribution in [3.63, 3.8) is 0 Å². The highest BCUT2D eigenvalue weighted by molar-refractivity contribution is 14.1. The van der Waals surface area contributed by atoms with Crippen molar-refractivity contribution in [2.75, 3.05) is 11.5 Å². The molecule has 0 radical (unpaired) electrons. The van der Waals surface area contributed by atoms with Gasteiger partial charge in [0.25, 0.3) is 0 Å². The number of aromatic amines is 1. The van der Waals surface area contributed by atoms with Crippen LogP contribution in [0.5, 0.6) is 0 Å². The Bertz CT molecular complexity index is 577. The van der Waals surface area contributed by atoms with Gasteiger partial charge in [-0.05, 0) is 57.3 Å². The minimum absolute atomic E-state index is 0.527. The minimum Gasteiger partial charge on any atom is -0.397 e. The number of nitrogens with zero attached hydrogens (tertiary/aromatic N) is 3. The number of hydrogen-bond acceptors (Lipinski definition) is 5. The van der Waals surface area contributed by atoms with E-state index in [0.29, 0.717) is 22.9 Å². The molecule has 2 rings (SSSR count). The van der Waals surface area contributed by atoms with Crippen molar-refractivity contribution in [2.45, 2.75) is 0 Å². The summed E-state index contributed by atoms with van der Waals surface area (Å²) in [5, 5.41) is 14.8. The van der Waals surface area contributed by atoms with Crippen LogP contribution < -0.4 is 11.5 Å². The zero-order chi connectivity index (χ0) is 12.4. The Morgan fingerprint density at radius 3 is 2.59 bits per heavy atom. The van der Waals surface area contributed by atoms with E-state index in [0.717, 1.165) is 7.27 Å². The number of halogens is 2. The van der Waals surface area contributed by atoms with Gasteiger partial charge < -0.3 is 11.5 Å². The molecule has 0 amide bonds. The molecule has 5 N–H and O–H groups in total. The number of nitrogens with one attached hydrogen (secondary N) is 1. The van der Waals surface area contributed by atoms with Gasteiger partial charge in [-0.15, -0.1) is 10.2 Å². The van der Waals surface area contributed by atoms with Crippen LogP contribution in [0.4, 0.5) is 22.9 Å². The smallest absolute Gasteiger partial charge is 0.196 e. The van der Waals surface area contributed by atoms with Gasteiger partial charge in [0, 0.05) is 6.07 Å². The molecule has 2 aromatic rings. The van der Waals surface area contributed by atoms with Gasteiger partial charge in [0.05, 0.1) is 18.6 Å². The second-order valence-corrected chi connectivity index (χ2v) is 5.42. The Kier molecular flexibility index (Phi) is 3.81. The lowest BCUT2D eigenvalue weighted by Gasteiger charge is -2.04. The number of hydrogen-bond donors (Lipinski definition) is 3. The van der Waals surface area contributed by atoms with E-state index in [4.69, 9.17) is 11.5 Å². The van der Waals surface area contributed by atoms with Crippen molar-refractivity contribution < 1.29 is 0 Å². The maximum Gasteiger partial charge on any atom is 0.196 e. The summed E-state index contributed by atoms with van der Waals surface area (Å²) in [4.78, 5) is 0.